The van der Waals surface area contributed by atoms with Gasteiger partial charge in [0, 0.05) is 0 Å². The van der Waals surface area contributed by atoms with Gasteiger partial charge in [0.05, 0.1) is 16.1 Å². The fourth-order valence-electron chi connectivity index (χ4n) is 2.61. The van der Waals surface area contributed by atoms with Crippen LogP contribution in [0.5, 0.6) is 0 Å². The zero-order valence-corrected chi connectivity index (χ0v) is 15.8. The van der Waals surface area contributed by atoms with Crippen molar-refractivity contribution in [2.45, 2.75) is 45.7 Å². The second-order valence-corrected chi connectivity index (χ2v) is 18.2. The topological polar surface area (TPSA) is 0 Å². The Hall–Kier alpha value is -0.866. The van der Waals surface area contributed by atoms with Gasteiger partial charge in [0.15, 0.2) is 0 Å². The van der Waals surface area contributed by atoms with E-state index < -0.39 is 16.1 Å². The monoisotopic (exact) mass is 300 g/mol. The molecule has 0 fully saturated rings. The van der Waals surface area contributed by atoms with Gasteiger partial charge >= 0.3 is 0 Å². The van der Waals surface area contributed by atoms with Crippen LogP contribution < -0.4 is 5.19 Å². The summed E-state index contributed by atoms with van der Waals surface area (Å²) in [7, 11) is -2.29. The number of hydrogen-bond acceptors (Lipinski definition) is 0. The predicted octanol–water partition coefficient (Wildman–Crippen LogP) is 4.76. The van der Waals surface area contributed by atoms with Crippen LogP contribution in [0.15, 0.2) is 47.7 Å². The van der Waals surface area contributed by atoms with Gasteiger partial charge in [0.2, 0.25) is 0 Å². The molecule has 2 heteroatoms. The highest BCUT2D eigenvalue weighted by atomic mass is 28.3. The molecule has 1 aromatic rings. The SMILES string of the molecule is C[Si](C)(C)C1=CC(Cc2ccc([Si](C)(C)C)cc2)C=C1. The van der Waals surface area contributed by atoms with Gasteiger partial charge in [-0.25, -0.2) is 0 Å². The third-order valence-electron chi connectivity index (χ3n) is 4.07. The zero-order chi connectivity index (χ0) is 15.0. The van der Waals surface area contributed by atoms with Crippen molar-refractivity contribution in [3.63, 3.8) is 0 Å². The molecule has 1 atom stereocenters. The zero-order valence-electron chi connectivity index (χ0n) is 13.8. The van der Waals surface area contributed by atoms with Crippen molar-refractivity contribution in [3.05, 3.63) is 53.3 Å². The van der Waals surface area contributed by atoms with E-state index in [1.807, 2.05) is 0 Å². The fraction of sp³-hybridized carbons (Fsp3) is 0.444. The first-order valence-corrected chi connectivity index (χ1v) is 14.7. The van der Waals surface area contributed by atoms with Crippen molar-refractivity contribution in [1.82, 2.24) is 0 Å². The Morgan fingerprint density at radius 1 is 0.850 bits per heavy atom. The molecule has 0 nitrogen and oxygen atoms in total. The van der Waals surface area contributed by atoms with Crippen molar-refractivity contribution >= 4 is 21.3 Å². The number of hydrogen-bond donors (Lipinski definition) is 0. The Morgan fingerprint density at radius 3 is 1.90 bits per heavy atom. The molecule has 1 aromatic carbocycles. The third kappa shape index (κ3) is 3.83. The molecule has 1 unspecified atom stereocenters. The molecule has 0 spiro atoms. The fourth-order valence-corrected chi connectivity index (χ4v) is 5.09. The standard InChI is InChI=1S/C18H28Si2/c1-19(2,3)17-10-7-15(8-11-17)13-16-9-12-18(14-16)20(4,5)6/h7-12,14,16H,13H2,1-6H3. The molecule has 0 saturated carbocycles. The molecular formula is C18H28Si2. The Balaban J connectivity index is 2.06. The van der Waals surface area contributed by atoms with E-state index in [9.17, 15) is 0 Å². The van der Waals surface area contributed by atoms with Crippen LogP contribution in [0.2, 0.25) is 39.3 Å². The van der Waals surface area contributed by atoms with Gasteiger partial charge in [-0.3, -0.25) is 0 Å². The van der Waals surface area contributed by atoms with Crippen molar-refractivity contribution in [1.29, 1.82) is 0 Å². The van der Waals surface area contributed by atoms with Gasteiger partial charge in [-0.2, -0.15) is 0 Å². The third-order valence-corrected chi connectivity index (χ3v) is 8.20. The molecule has 108 valence electrons. The molecule has 0 aliphatic heterocycles. The maximum atomic E-state index is 2.50. The van der Waals surface area contributed by atoms with Crippen molar-refractivity contribution in [3.8, 4) is 0 Å². The molecular weight excluding hydrogens is 272 g/mol. The molecule has 0 amide bonds. The van der Waals surface area contributed by atoms with Gasteiger partial charge in [0.1, 0.15) is 0 Å². The van der Waals surface area contributed by atoms with Crippen molar-refractivity contribution in [2.75, 3.05) is 0 Å². The van der Waals surface area contributed by atoms with Crippen LogP contribution >= 0.6 is 0 Å². The van der Waals surface area contributed by atoms with E-state index in [-0.39, 0.29) is 0 Å². The lowest BCUT2D eigenvalue weighted by atomic mass is 10.0. The summed E-state index contributed by atoms with van der Waals surface area (Å²) in [5, 5.41) is 3.17. The van der Waals surface area contributed by atoms with E-state index in [1.54, 1.807) is 10.4 Å². The molecule has 0 bridgehead atoms. The van der Waals surface area contributed by atoms with E-state index >= 15 is 0 Å². The van der Waals surface area contributed by atoms with Gasteiger partial charge in [-0.15, -0.1) is 0 Å². The van der Waals surface area contributed by atoms with Crippen LogP contribution in [0.3, 0.4) is 0 Å². The smallest absolute Gasteiger partial charge is 0.0775 e. The second-order valence-electron chi connectivity index (χ2n) is 8.05. The number of benzene rings is 1. The quantitative estimate of drug-likeness (QED) is 0.703. The van der Waals surface area contributed by atoms with Crippen molar-refractivity contribution in [2.24, 2.45) is 5.92 Å². The van der Waals surface area contributed by atoms with Gasteiger partial charge in [0.25, 0.3) is 0 Å². The molecule has 1 aliphatic rings. The van der Waals surface area contributed by atoms with E-state index in [4.69, 9.17) is 0 Å². The lowest BCUT2D eigenvalue weighted by molar-refractivity contribution is 0.815. The summed E-state index contributed by atoms with van der Waals surface area (Å²) in [6, 6.07) is 9.37. The van der Waals surface area contributed by atoms with Gasteiger partial charge in [-0.1, -0.05) is 92.2 Å². The summed E-state index contributed by atoms with van der Waals surface area (Å²) in [5.74, 6) is 0.606. The number of allylic oxidation sites excluding steroid dienone is 4. The van der Waals surface area contributed by atoms with Gasteiger partial charge in [-0.05, 0) is 17.9 Å². The summed E-state index contributed by atoms with van der Waals surface area (Å²) in [4.78, 5) is 0. The average molecular weight is 301 g/mol. The first kappa shape index (κ1) is 15.5. The Bertz CT molecular complexity index is 522. The van der Waals surface area contributed by atoms with Crippen molar-refractivity contribution < 1.29 is 0 Å². The maximum absolute atomic E-state index is 2.50. The van der Waals surface area contributed by atoms with Crippen LogP contribution in [-0.2, 0) is 6.42 Å². The van der Waals surface area contributed by atoms with Crippen LogP contribution in [0.1, 0.15) is 5.56 Å². The van der Waals surface area contributed by atoms with E-state index in [0.29, 0.717) is 5.92 Å². The van der Waals surface area contributed by atoms with Crippen LogP contribution in [0.4, 0.5) is 0 Å². The molecule has 0 heterocycles. The normalized spacial score (nSPS) is 19.3. The molecule has 0 radical (unpaired) electrons. The predicted molar refractivity (Wildman–Crippen MR) is 97.2 cm³/mol. The lowest BCUT2D eigenvalue weighted by Gasteiger charge is -2.17. The molecule has 1 aliphatic carbocycles. The summed E-state index contributed by atoms with van der Waals surface area (Å²) >= 11 is 0. The second kappa shape index (κ2) is 5.49. The summed E-state index contributed by atoms with van der Waals surface area (Å²) in [6.07, 6.45) is 8.41. The highest BCUT2D eigenvalue weighted by Crippen LogP contribution is 2.26. The minimum absolute atomic E-state index is 0.606. The molecule has 0 N–H and O–H groups in total. The summed E-state index contributed by atoms with van der Waals surface area (Å²) in [5.41, 5.74) is 1.47. The number of rotatable bonds is 4. The molecule has 0 saturated heterocycles. The van der Waals surface area contributed by atoms with E-state index in [0.717, 1.165) is 6.42 Å². The Labute approximate surface area is 126 Å². The first-order valence-electron chi connectivity index (χ1n) is 7.66. The largest absolute Gasteiger partial charge is 0.0780 e. The minimum atomic E-state index is -1.16. The van der Waals surface area contributed by atoms with Crippen LogP contribution in [-0.4, -0.2) is 16.1 Å². The Kier molecular flexibility index (Phi) is 4.26. The molecule has 20 heavy (non-hydrogen) atoms. The Morgan fingerprint density at radius 2 is 1.45 bits per heavy atom. The highest BCUT2D eigenvalue weighted by Gasteiger charge is 2.22. The van der Waals surface area contributed by atoms with E-state index in [2.05, 4.69) is 81.8 Å². The molecule has 0 aromatic heterocycles. The van der Waals surface area contributed by atoms with Crippen LogP contribution in [0.25, 0.3) is 0 Å². The average Bonchev–Trinajstić information content (AvgIpc) is 2.77. The van der Waals surface area contributed by atoms with Crippen LogP contribution in [0, 0.1) is 5.92 Å². The first-order chi connectivity index (χ1) is 9.16. The minimum Gasteiger partial charge on any atom is -0.0780 e. The maximum Gasteiger partial charge on any atom is 0.0775 e. The summed E-state index contributed by atoms with van der Waals surface area (Å²) in [6.45, 7) is 14.5. The van der Waals surface area contributed by atoms with E-state index in [1.165, 1.54) is 5.56 Å². The van der Waals surface area contributed by atoms with Gasteiger partial charge < -0.3 is 0 Å². The summed E-state index contributed by atoms with van der Waals surface area (Å²) < 4.78 is 0. The highest BCUT2D eigenvalue weighted by molar-refractivity contribution is 6.88. The lowest BCUT2D eigenvalue weighted by Crippen LogP contribution is -2.37. The molecule has 2 rings (SSSR count).